The zero-order valence-corrected chi connectivity index (χ0v) is 22.0. The molecule has 0 aliphatic heterocycles. The van der Waals surface area contributed by atoms with Gasteiger partial charge in [-0.25, -0.2) is 14.2 Å². The summed E-state index contributed by atoms with van der Waals surface area (Å²) >= 11 is 0. The third kappa shape index (κ3) is 5.62. The second kappa shape index (κ2) is 11.1. The van der Waals surface area contributed by atoms with Crippen molar-refractivity contribution in [3.8, 4) is 33.8 Å². The molecule has 196 valence electrons. The number of amides is 1. The quantitative estimate of drug-likeness (QED) is 0.301. The molecule has 2 heterocycles. The molecule has 0 aliphatic carbocycles. The van der Waals surface area contributed by atoms with Gasteiger partial charge in [0.25, 0.3) is 0 Å². The van der Waals surface area contributed by atoms with Crippen molar-refractivity contribution in [3.05, 3.63) is 102 Å². The van der Waals surface area contributed by atoms with Crippen molar-refractivity contribution < 1.29 is 14.3 Å². The molecule has 0 aliphatic rings. The summed E-state index contributed by atoms with van der Waals surface area (Å²) in [6, 6.07) is 26.5. The summed E-state index contributed by atoms with van der Waals surface area (Å²) < 4.78 is 8.10. The topological polar surface area (TPSA) is 104 Å². The minimum atomic E-state index is -0.545. The van der Waals surface area contributed by atoms with Gasteiger partial charge in [-0.3, -0.25) is 4.79 Å². The van der Waals surface area contributed by atoms with Gasteiger partial charge < -0.3 is 10.1 Å². The molecular formula is C30H28N6O3. The molecule has 0 fully saturated rings. The highest BCUT2D eigenvalue weighted by molar-refractivity contribution is 5.86. The molecule has 0 saturated carbocycles. The fourth-order valence-electron chi connectivity index (χ4n) is 4.24. The molecule has 1 amide bonds. The van der Waals surface area contributed by atoms with Crippen molar-refractivity contribution in [2.45, 2.75) is 19.8 Å². The maximum atomic E-state index is 11.9. The van der Waals surface area contributed by atoms with Gasteiger partial charge in [0.1, 0.15) is 0 Å². The molecule has 9 heteroatoms. The number of aryl methyl sites for hydroxylation is 2. The first-order valence-electron chi connectivity index (χ1n) is 12.5. The van der Waals surface area contributed by atoms with Crippen LogP contribution in [0, 0.1) is 6.92 Å². The molecule has 3 aromatic carbocycles. The summed E-state index contributed by atoms with van der Waals surface area (Å²) in [6.07, 6.45) is 2.40. The first kappa shape index (κ1) is 25.6. The Hall–Kier alpha value is -5.05. The van der Waals surface area contributed by atoms with E-state index in [0.717, 1.165) is 39.5 Å². The van der Waals surface area contributed by atoms with Gasteiger partial charge in [0.15, 0.2) is 5.69 Å². The zero-order chi connectivity index (χ0) is 27.4. The number of aromatic nitrogens is 5. The van der Waals surface area contributed by atoms with Crippen molar-refractivity contribution in [2.75, 3.05) is 14.2 Å². The highest BCUT2D eigenvalue weighted by Crippen LogP contribution is 2.28. The Bertz CT molecular complexity index is 1600. The first-order valence-corrected chi connectivity index (χ1v) is 12.5. The number of carbonyl (C=O) groups excluding carboxylic acids is 2. The number of benzene rings is 3. The molecule has 2 aromatic heterocycles. The summed E-state index contributed by atoms with van der Waals surface area (Å²) in [4.78, 5) is 23.6. The van der Waals surface area contributed by atoms with E-state index in [-0.39, 0.29) is 11.6 Å². The van der Waals surface area contributed by atoms with Crippen LogP contribution in [0.3, 0.4) is 0 Å². The summed E-state index contributed by atoms with van der Waals surface area (Å²) in [5.41, 5.74) is 7.96. The largest absolute Gasteiger partial charge is 0.464 e. The van der Waals surface area contributed by atoms with E-state index in [2.05, 4.69) is 71.1 Å². The molecule has 0 bridgehead atoms. The van der Waals surface area contributed by atoms with Crippen LogP contribution in [0.5, 0.6) is 0 Å². The van der Waals surface area contributed by atoms with Crippen LogP contribution in [-0.4, -0.2) is 50.8 Å². The van der Waals surface area contributed by atoms with Crippen LogP contribution in [0.25, 0.3) is 33.8 Å². The molecule has 0 atom stereocenters. The summed E-state index contributed by atoms with van der Waals surface area (Å²) in [5.74, 6) is -0.575. The fourth-order valence-corrected chi connectivity index (χ4v) is 4.24. The van der Waals surface area contributed by atoms with Gasteiger partial charge in [0.05, 0.1) is 36.1 Å². The van der Waals surface area contributed by atoms with Gasteiger partial charge >= 0.3 is 5.97 Å². The monoisotopic (exact) mass is 520 g/mol. The summed E-state index contributed by atoms with van der Waals surface area (Å²) in [7, 11) is 2.93. The van der Waals surface area contributed by atoms with Crippen molar-refractivity contribution in [1.29, 1.82) is 0 Å². The molecule has 5 rings (SSSR count). The van der Waals surface area contributed by atoms with E-state index in [1.165, 1.54) is 23.6 Å². The zero-order valence-electron chi connectivity index (χ0n) is 22.0. The second-order valence-corrected chi connectivity index (χ2v) is 9.11. The lowest BCUT2D eigenvalue weighted by atomic mass is 10.0. The van der Waals surface area contributed by atoms with Gasteiger partial charge in [-0.05, 0) is 48.4 Å². The van der Waals surface area contributed by atoms with Crippen molar-refractivity contribution in [2.24, 2.45) is 0 Å². The summed E-state index contributed by atoms with van der Waals surface area (Å²) in [6.45, 7) is 2.08. The Morgan fingerprint density at radius 1 is 0.872 bits per heavy atom. The van der Waals surface area contributed by atoms with E-state index in [4.69, 9.17) is 9.84 Å². The Morgan fingerprint density at radius 2 is 1.49 bits per heavy atom. The number of esters is 1. The van der Waals surface area contributed by atoms with Crippen LogP contribution >= 0.6 is 0 Å². The van der Waals surface area contributed by atoms with Crippen LogP contribution in [0.2, 0.25) is 0 Å². The minimum Gasteiger partial charge on any atom is -0.464 e. The van der Waals surface area contributed by atoms with Crippen LogP contribution < -0.4 is 5.32 Å². The number of ether oxygens (including phenoxy) is 1. The lowest BCUT2D eigenvalue weighted by Crippen LogP contribution is -2.18. The van der Waals surface area contributed by atoms with Gasteiger partial charge in [-0.2, -0.15) is 5.10 Å². The molecule has 0 saturated heterocycles. The number of nitrogens with one attached hydrogen (secondary N) is 1. The Labute approximate surface area is 226 Å². The number of rotatable bonds is 8. The highest BCUT2D eigenvalue weighted by atomic mass is 16.5. The Kier molecular flexibility index (Phi) is 7.31. The lowest BCUT2D eigenvalue weighted by Gasteiger charge is -2.10. The Morgan fingerprint density at radius 3 is 2.13 bits per heavy atom. The van der Waals surface area contributed by atoms with E-state index in [1.807, 2.05) is 35.0 Å². The van der Waals surface area contributed by atoms with Crippen LogP contribution in [-0.2, 0) is 16.0 Å². The predicted octanol–water partition coefficient (Wildman–Crippen LogP) is 4.56. The fraction of sp³-hybridized carbons (Fsp3) is 0.167. The van der Waals surface area contributed by atoms with Crippen molar-refractivity contribution >= 4 is 11.9 Å². The number of carbonyl (C=O) groups is 2. The lowest BCUT2D eigenvalue weighted by molar-refractivity contribution is -0.120. The standard InChI is InChI=1S/C30H28N6O3/c1-20-4-6-21(7-5-20)22-8-10-23(11-9-22)28-18-24(12-17-29(37)31-2)33-36(28)26-15-13-25(14-16-26)35-19-27(32-34-35)30(38)39-3/h4-11,13-16,18-19H,12,17H2,1-3H3,(H,31,37). The molecule has 0 radical (unpaired) electrons. The molecule has 9 nitrogen and oxygen atoms in total. The van der Waals surface area contributed by atoms with E-state index in [0.29, 0.717) is 12.8 Å². The average Bonchev–Trinajstić information content (AvgIpc) is 3.64. The highest BCUT2D eigenvalue weighted by Gasteiger charge is 2.15. The molecule has 39 heavy (non-hydrogen) atoms. The van der Waals surface area contributed by atoms with Crippen molar-refractivity contribution in [1.82, 2.24) is 30.1 Å². The van der Waals surface area contributed by atoms with E-state index in [9.17, 15) is 9.59 Å². The smallest absolute Gasteiger partial charge is 0.360 e. The third-order valence-corrected chi connectivity index (χ3v) is 6.46. The molecular weight excluding hydrogens is 492 g/mol. The van der Waals surface area contributed by atoms with Crippen LogP contribution in [0.4, 0.5) is 0 Å². The second-order valence-electron chi connectivity index (χ2n) is 9.11. The number of hydrogen-bond acceptors (Lipinski definition) is 6. The Balaban J connectivity index is 1.47. The maximum Gasteiger partial charge on any atom is 0.360 e. The SMILES string of the molecule is CNC(=O)CCc1cc(-c2ccc(-c3ccc(C)cc3)cc2)n(-c2ccc(-n3cc(C(=O)OC)nn3)cc2)n1. The van der Waals surface area contributed by atoms with Gasteiger partial charge in [0, 0.05) is 25.5 Å². The third-order valence-electron chi connectivity index (χ3n) is 6.46. The van der Waals surface area contributed by atoms with Gasteiger partial charge in [0.2, 0.25) is 5.91 Å². The summed E-state index contributed by atoms with van der Waals surface area (Å²) in [5, 5.41) is 15.4. The number of hydrogen-bond donors (Lipinski definition) is 1. The predicted molar refractivity (Wildman–Crippen MR) is 148 cm³/mol. The first-order chi connectivity index (χ1) is 18.9. The van der Waals surface area contributed by atoms with E-state index in [1.54, 1.807) is 7.05 Å². The van der Waals surface area contributed by atoms with E-state index < -0.39 is 5.97 Å². The molecule has 1 N–H and O–H groups in total. The molecule has 0 spiro atoms. The van der Waals surface area contributed by atoms with Crippen LogP contribution in [0.15, 0.2) is 85.1 Å². The number of nitrogens with zero attached hydrogens (tertiary/aromatic N) is 5. The number of methoxy groups -OCH3 is 1. The van der Waals surface area contributed by atoms with Gasteiger partial charge in [-0.1, -0.05) is 59.3 Å². The minimum absolute atomic E-state index is 0.0305. The van der Waals surface area contributed by atoms with E-state index >= 15 is 0 Å². The van der Waals surface area contributed by atoms with Gasteiger partial charge in [-0.15, -0.1) is 5.10 Å². The maximum absolute atomic E-state index is 11.9. The average molecular weight is 521 g/mol. The van der Waals surface area contributed by atoms with Crippen LogP contribution in [0.1, 0.15) is 28.2 Å². The normalized spacial score (nSPS) is 10.8. The van der Waals surface area contributed by atoms with Crippen molar-refractivity contribution in [3.63, 3.8) is 0 Å². The molecule has 5 aromatic rings. The molecule has 0 unspecified atom stereocenters.